The molecule has 0 N–H and O–H groups in total. The van der Waals surface area contributed by atoms with Gasteiger partial charge < -0.3 is 4.74 Å². The summed E-state index contributed by atoms with van der Waals surface area (Å²) in [6, 6.07) is 6.15. The first-order chi connectivity index (χ1) is 11.2. The Labute approximate surface area is 136 Å². The highest BCUT2D eigenvalue weighted by Crippen LogP contribution is 2.24. The minimum Gasteiger partial charge on any atom is -0.482 e. The number of para-hydroxylation sites is 1. The van der Waals surface area contributed by atoms with E-state index in [0.29, 0.717) is 23.3 Å². The lowest BCUT2D eigenvalue weighted by molar-refractivity contribution is -0.117. The third-order valence-electron chi connectivity index (χ3n) is 3.24. The first kappa shape index (κ1) is 15.5. The van der Waals surface area contributed by atoms with Gasteiger partial charge in [0, 0.05) is 0 Å². The molecular formula is C15H15FN4O2S. The molecule has 0 saturated carbocycles. The zero-order chi connectivity index (χ0) is 16.2. The SMILES string of the molecule is C/C=C/CN1C(=O)CSc2nnc(COc3ccccc3F)n21. The van der Waals surface area contributed by atoms with Crippen LogP contribution in [-0.4, -0.2) is 33.1 Å². The monoisotopic (exact) mass is 334 g/mol. The molecule has 0 atom stereocenters. The smallest absolute Gasteiger partial charge is 0.252 e. The Morgan fingerprint density at radius 3 is 3.00 bits per heavy atom. The van der Waals surface area contributed by atoms with Gasteiger partial charge in [0.25, 0.3) is 5.91 Å². The van der Waals surface area contributed by atoms with Crippen molar-refractivity contribution in [3.8, 4) is 5.75 Å². The molecule has 6 nitrogen and oxygen atoms in total. The van der Waals surface area contributed by atoms with Crippen LogP contribution in [0.2, 0.25) is 0 Å². The Morgan fingerprint density at radius 1 is 1.39 bits per heavy atom. The van der Waals surface area contributed by atoms with E-state index in [1.54, 1.807) is 27.9 Å². The Balaban J connectivity index is 1.83. The number of hydrogen-bond acceptors (Lipinski definition) is 5. The molecule has 0 bridgehead atoms. The number of aromatic nitrogens is 3. The van der Waals surface area contributed by atoms with Gasteiger partial charge in [-0.2, -0.15) is 0 Å². The standard InChI is InChI=1S/C15H15FN4O2S/c1-2-3-8-19-14(21)10-23-15-18-17-13(20(15)19)9-22-12-7-5-4-6-11(12)16/h2-7H,8-10H2,1H3/b3-2+. The molecule has 0 unspecified atom stereocenters. The molecule has 0 fully saturated rings. The van der Waals surface area contributed by atoms with Gasteiger partial charge in [-0.05, 0) is 19.1 Å². The predicted octanol–water partition coefficient (Wildman–Crippen LogP) is 2.14. The molecule has 8 heteroatoms. The number of fused-ring (bicyclic) bond motifs is 1. The first-order valence-corrected chi connectivity index (χ1v) is 8.05. The number of thioether (sulfide) groups is 1. The predicted molar refractivity (Wildman–Crippen MR) is 84.4 cm³/mol. The molecule has 0 saturated heterocycles. The Kier molecular flexibility index (Phi) is 4.61. The zero-order valence-corrected chi connectivity index (χ0v) is 13.3. The summed E-state index contributed by atoms with van der Waals surface area (Å²) in [7, 11) is 0. The second-order valence-corrected chi connectivity index (χ2v) is 5.71. The highest BCUT2D eigenvalue weighted by Gasteiger charge is 2.28. The van der Waals surface area contributed by atoms with E-state index < -0.39 is 5.82 Å². The molecule has 0 radical (unpaired) electrons. The maximum atomic E-state index is 13.6. The molecule has 0 aliphatic carbocycles. The van der Waals surface area contributed by atoms with Crippen molar-refractivity contribution in [2.24, 2.45) is 0 Å². The third-order valence-corrected chi connectivity index (χ3v) is 4.14. The molecule has 1 aliphatic rings. The van der Waals surface area contributed by atoms with Gasteiger partial charge in [-0.1, -0.05) is 36.0 Å². The number of rotatable bonds is 5. The van der Waals surface area contributed by atoms with Gasteiger partial charge >= 0.3 is 0 Å². The molecule has 1 aromatic carbocycles. The van der Waals surface area contributed by atoms with Gasteiger partial charge in [0.1, 0.15) is 6.61 Å². The number of nitrogens with zero attached hydrogens (tertiary/aromatic N) is 4. The quantitative estimate of drug-likeness (QED) is 0.784. The van der Waals surface area contributed by atoms with Gasteiger partial charge in [-0.3, -0.25) is 4.79 Å². The van der Waals surface area contributed by atoms with Gasteiger partial charge in [0.15, 0.2) is 17.4 Å². The van der Waals surface area contributed by atoms with Crippen LogP contribution in [0.4, 0.5) is 4.39 Å². The molecule has 1 aromatic heterocycles. The van der Waals surface area contributed by atoms with Crippen molar-refractivity contribution in [3.63, 3.8) is 0 Å². The van der Waals surface area contributed by atoms with Crippen LogP contribution in [0.25, 0.3) is 0 Å². The summed E-state index contributed by atoms with van der Waals surface area (Å²) in [6.45, 7) is 2.33. The van der Waals surface area contributed by atoms with E-state index in [4.69, 9.17) is 4.74 Å². The number of halogens is 1. The normalized spacial score (nSPS) is 14.3. The number of ether oxygens (including phenoxy) is 1. The van der Waals surface area contributed by atoms with Crippen molar-refractivity contribution in [1.82, 2.24) is 14.9 Å². The largest absolute Gasteiger partial charge is 0.482 e. The van der Waals surface area contributed by atoms with Crippen molar-refractivity contribution in [3.05, 3.63) is 48.1 Å². The maximum absolute atomic E-state index is 13.6. The van der Waals surface area contributed by atoms with Gasteiger partial charge in [0.05, 0.1) is 12.3 Å². The number of carbonyl (C=O) groups is 1. The summed E-state index contributed by atoms with van der Waals surface area (Å²) in [5.74, 6) is 0.437. The van der Waals surface area contributed by atoms with Crippen molar-refractivity contribution in [2.75, 3.05) is 17.3 Å². The van der Waals surface area contributed by atoms with Crippen molar-refractivity contribution in [1.29, 1.82) is 0 Å². The van der Waals surface area contributed by atoms with Gasteiger partial charge in [0.2, 0.25) is 5.16 Å². The number of hydrogen-bond donors (Lipinski definition) is 0. The average molecular weight is 334 g/mol. The van der Waals surface area contributed by atoms with Crippen LogP contribution in [0.1, 0.15) is 12.7 Å². The van der Waals surface area contributed by atoms with Crippen molar-refractivity contribution < 1.29 is 13.9 Å². The van der Waals surface area contributed by atoms with Crippen molar-refractivity contribution >= 4 is 17.7 Å². The number of amides is 1. The van der Waals surface area contributed by atoms with Crippen LogP contribution in [-0.2, 0) is 11.4 Å². The molecule has 3 rings (SSSR count). The average Bonchev–Trinajstić information content (AvgIpc) is 2.96. The summed E-state index contributed by atoms with van der Waals surface area (Å²) in [5.41, 5.74) is 0. The summed E-state index contributed by atoms with van der Waals surface area (Å²) < 4.78 is 20.7. The molecule has 1 aliphatic heterocycles. The minimum absolute atomic E-state index is 0.0219. The molecule has 120 valence electrons. The molecule has 2 aromatic rings. The lowest BCUT2D eigenvalue weighted by Crippen LogP contribution is -2.45. The topological polar surface area (TPSA) is 60.3 Å². The molecule has 0 spiro atoms. The van der Waals surface area contributed by atoms with Crippen molar-refractivity contribution in [2.45, 2.75) is 18.7 Å². The molecule has 23 heavy (non-hydrogen) atoms. The van der Waals surface area contributed by atoms with E-state index in [-0.39, 0.29) is 18.3 Å². The van der Waals surface area contributed by atoms with Crippen LogP contribution >= 0.6 is 11.8 Å². The Bertz CT molecular complexity index is 747. The van der Waals surface area contributed by atoms with E-state index in [1.165, 1.54) is 17.8 Å². The van der Waals surface area contributed by atoms with E-state index in [9.17, 15) is 9.18 Å². The van der Waals surface area contributed by atoms with Gasteiger partial charge in [-0.25, -0.2) is 14.1 Å². The summed E-state index contributed by atoms with van der Waals surface area (Å²) in [5, 5.41) is 10.3. The fraction of sp³-hybridized carbons (Fsp3) is 0.267. The Hall–Kier alpha value is -2.35. The number of carbonyl (C=O) groups excluding carboxylic acids is 1. The first-order valence-electron chi connectivity index (χ1n) is 7.07. The van der Waals surface area contributed by atoms with E-state index >= 15 is 0 Å². The van der Waals surface area contributed by atoms with Gasteiger partial charge in [-0.15, -0.1) is 10.2 Å². The van der Waals surface area contributed by atoms with Crippen LogP contribution in [0, 0.1) is 5.82 Å². The fourth-order valence-electron chi connectivity index (χ4n) is 2.12. The second-order valence-electron chi connectivity index (χ2n) is 4.76. The fourth-order valence-corrected chi connectivity index (χ4v) is 2.95. The molecule has 1 amide bonds. The van der Waals surface area contributed by atoms with Crippen LogP contribution < -0.4 is 9.75 Å². The van der Waals surface area contributed by atoms with E-state index in [0.717, 1.165) is 0 Å². The van der Waals surface area contributed by atoms with Crippen LogP contribution in [0.5, 0.6) is 5.75 Å². The highest BCUT2D eigenvalue weighted by atomic mass is 32.2. The van der Waals surface area contributed by atoms with E-state index in [2.05, 4.69) is 10.2 Å². The lowest BCUT2D eigenvalue weighted by atomic mass is 10.3. The zero-order valence-electron chi connectivity index (χ0n) is 12.5. The number of allylic oxidation sites excluding steroid dienone is 1. The van der Waals surface area contributed by atoms with Crippen LogP contribution in [0.15, 0.2) is 41.6 Å². The van der Waals surface area contributed by atoms with Crippen LogP contribution in [0.3, 0.4) is 0 Å². The summed E-state index contributed by atoms with van der Waals surface area (Å²) >= 11 is 1.32. The minimum atomic E-state index is -0.442. The molecular weight excluding hydrogens is 319 g/mol. The highest BCUT2D eigenvalue weighted by molar-refractivity contribution is 7.99. The second kappa shape index (κ2) is 6.82. The number of benzene rings is 1. The lowest BCUT2D eigenvalue weighted by Gasteiger charge is -2.28. The Morgan fingerprint density at radius 2 is 2.22 bits per heavy atom. The summed E-state index contributed by atoms with van der Waals surface area (Å²) in [6.07, 6.45) is 3.74. The summed E-state index contributed by atoms with van der Waals surface area (Å²) in [4.78, 5) is 12.1. The maximum Gasteiger partial charge on any atom is 0.252 e. The van der Waals surface area contributed by atoms with E-state index in [1.807, 2.05) is 19.1 Å². The molecule has 2 heterocycles. The third kappa shape index (κ3) is 3.21.